The van der Waals surface area contributed by atoms with Gasteiger partial charge < -0.3 is 15.8 Å². The number of benzene rings is 1. The molecule has 0 aliphatic heterocycles. The van der Waals surface area contributed by atoms with E-state index >= 15 is 0 Å². The van der Waals surface area contributed by atoms with Crippen LogP contribution in [0, 0.1) is 5.92 Å². The fraction of sp³-hybridized carbons (Fsp3) is 0.467. The number of rotatable bonds is 6. The van der Waals surface area contributed by atoms with Crippen molar-refractivity contribution in [1.29, 1.82) is 0 Å². The zero-order valence-electron chi connectivity index (χ0n) is 12.6. The van der Waals surface area contributed by atoms with Gasteiger partial charge in [-0.1, -0.05) is 26.0 Å². The molecule has 1 aromatic carbocycles. The van der Waals surface area contributed by atoms with E-state index < -0.39 is 6.04 Å². The third-order valence-corrected chi connectivity index (χ3v) is 2.95. The number of esters is 1. The standard InChI is InChI=1S/C15H22N2O3.ClH/c1-4-20-15(19)12-7-5-11(6-8-12)9-17-14(18)13(16)10(2)3;/h5-8,10,13H,4,9,16H2,1-3H3,(H,17,18);1H/t13-;/m0./s1. The van der Waals surface area contributed by atoms with Gasteiger partial charge in [-0.15, -0.1) is 12.4 Å². The lowest BCUT2D eigenvalue weighted by Gasteiger charge is -2.15. The molecule has 6 heteroatoms. The largest absolute Gasteiger partial charge is 0.462 e. The summed E-state index contributed by atoms with van der Waals surface area (Å²) < 4.78 is 4.90. The van der Waals surface area contributed by atoms with Crippen molar-refractivity contribution in [2.24, 2.45) is 11.7 Å². The van der Waals surface area contributed by atoms with Gasteiger partial charge in [-0.05, 0) is 30.5 Å². The van der Waals surface area contributed by atoms with Crippen molar-refractivity contribution in [1.82, 2.24) is 5.32 Å². The Kier molecular flexibility index (Phi) is 8.66. The van der Waals surface area contributed by atoms with Gasteiger partial charge in [0.25, 0.3) is 0 Å². The van der Waals surface area contributed by atoms with Crippen LogP contribution in [0.25, 0.3) is 0 Å². The van der Waals surface area contributed by atoms with Crippen LogP contribution >= 0.6 is 12.4 Å². The zero-order valence-corrected chi connectivity index (χ0v) is 13.4. The number of hydrogen-bond donors (Lipinski definition) is 2. The van der Waals surface area contributed by atoms with E-state index in [4.69, 9.17) is 10.5 Å². The Morgan fingerprint density at radius 3 is 2.29 bits per heavy atom. The predicted molar refractivity (Wildman–Crippen MR) is 84.3 cm³/mol. The second kappa shape index (κ2) is 9.37. The molecule has 0 unspecified atom stereocenters. The maximum absolute atomic E-state index is 11.7. The molecule has 0 radical (unpaired) electrons. The average molecular weight is 315 g/mol. The van der Waals surface area contributed by atoms with Crippen molar-refractivity contribution in [2.75, 3.05) is 6.61 Å². The lowest BCUT2D eigenvalue weighted by molar-refractivity contribution is -0.123. The van der Waals surface area contributed by atoms with E-state index in [2.05, 4.69) is 5.32 Å². The number of halogens is 1. The van der Waals surface area contributed by atoms with Crippen molar-refractivity contribution in [3.63, 3.8) is 0 Å². The number of carbonyl (C=O) groups excluding carboxylic acids is 2. The smallest absolute Gasteiger partial charge is 0.338 e. The fourth-order valence-corrected chi connectivity index (χ4v) is 1.58. The maximum atomic E-state index is 11.7. The highest BCUT2D eigenvalue weighted by Gasteiger charge is 2.16. The third-order valence-electron chi connectivity index (χ3n) is 2.95. The van der Waals surface area contributed by atoms with Crippen molar-refractivity contribution in [2.45, 2.75) is 33.4 Å². The van der Waals surface area contributed by atoms with Crippen LogP contribution in [-0.2, 0) is 16.1 Å². The molecule has 0 saturated carbocycles. The van der Waals surface area contributed by atoms with E-state index in [1.165, 1.54) is 0 Å². The molecule has 0 aromatic heterocycles. The van der Waals surface area contributed by atoms with E-state index in [0.29, 0.717) is 18.7 Å². The molecule has 0 fully saturated rings. The summed E-state index contributed by atoms with van der Waals surface area (Å²) in [4.78, 5) is 23.2. The van der Waals surface area contributed by atoms with Crippen LogP contribution in [0.15, 0.2) is 24.3 Å². The number of hydrogen-bond acceptors (Lipinski definition) is 4. The number of ether oxygens (including phenoxy) is 1. The van der Waals surface area contributed by atoms with Gasteiger partial charge in [0, 0.05) is 6.54 Å². The number of nitrogens with two attached hydrogens (primary N) is 1. The van der Waals surface area contributed by atoms with Gasteiger partial charge in [-0.25, -0.2) is 4.79 Å². The molecule has 0 aliphatic carbocycles. The van der Waals surface area contributed by atoms with Crippen LogP contribution in [0.3, 0.4) is 0 Å². The predicted octanol–water partition coefficient (Wildman–Crippen LogP) is 1.88. The molecule has 0 spiro atoms. The van der Waals surface area contributed by atoms with E-state index in [0.717, 1.165) is 5.56 Å². The first-order valence-electron chi connectivity index (χ1n) is 6.75. The Bertz CT molecular complexity index is 460. The molecule has 3 N–H and O–H groups in total. The first-order chi connectivity index (χ1) is 9.45. The fourth-order valence-electron chi connectivity index (χ4n) is 1.58. The Balaban J connectivity index is 0.00000400. The molecule has 1 amide bonds. The molecular formula is C15H23ClN2O3. The van der Waals surface area contributed by atoms with Gasteiger partial charge in [-0.2, -0.15) is 0 Å². The van der Waals surface area contributed by atoms with Gasteiger partial charge in [0.05, 0.1) is 18.2 Å². The molecule has 0 aliphatic rings. The first kappa shape index (κ1) is 19.4. The molecule has 118 valence electrons. The van der Waals surface area contributed by atoms with Crippen LogP contribution < -0.4 is 11.1 Å². The van der Waals surface area contributed by atoms with Crippen LogP contribution in [0.1, 0.15) is 36.7 Å². The number of nitrogens with one attached hydrogen (secondary N) is 1. The molecule has 0 bridgehead atoms. The van der Waals surface area contributed by atoms with Crippen molar-refractivity contribution in [3.05, 3.63) is 35.4 Å². The molecule has 5 nitrogen and oxygen atoms in total. The summed E-state index contributed by atoms with van der Waals surface area (Å²) in [5.74, 6) is -0.416. The highest BCUT2D eigenvalue weighted by atomic mass is 35.5. The van der Waals surface area contributed by atoms with E-state index in [9.17, 15) is 9.59 Å². The van der Waals surface area contributed by atoms with E-state index in [1.54, 1.807) is 31.2 Å². The first-order valence-corrected chi connectivity index (χ1v) is 6.75. The number of amides is 1. The highest BCUT2D eigenvalue weighted by Crippen LogP contribution is 2.06. The zero-order chi connectivity index (χ0) is 15.1. The van der Waals surface area contributed by atoms with Crippen LogP contribution in [0.5, 0.6) is 0 Å². The van der Waals surface area contributed by atoms with Crippen LogP contribution in [0.2, 0.25) is 0 Å². The minimum atomic E-state index is -0.506. The Hall–Kier alpha value is -1.59. The van der Waals surface area contributed by atoms with Gasteiger partial charge >= 0.3 is 5.97 Å². The van der Waals surface area contributed by atoms with Crippen molar-refractivity contribution >= 4 is 24.3 Å². The summed E-state index contributed by atoms with van der Waals surface area (Å²) in [6.07, 6.45) is 0. The molecule has 1 rings (SSSR count). The summed E-state index contributed by atoms with van der Waals surface area (Å²) >= 11 is 0. The Morgan fingerprint density at radius 1 is 1.24 bits per heavy atom. The summed E-state index contributed by atoms with van der Waals surface area (Å²) in [5, 5.41) is 2.77. The topological polar surface area (TPSA) is 81.4 Å². The SMILES string of the molecule is CCOC(=O)c1ccc(CNC(=O)[C@@H](N)C(C)C)cc1.Cl. The second-order valence-corrected chi connectivity index (χ2v) is 4.90. The lowest BCUT2D eigenvalue weighted by Crippen LogP contribution is -2.43. The molecule has 1 aromatic rings. The average Bonchev–Trinajstić information content (AvgIpc) is 2.44. The van der Waals surface area contributed by atoms with Crippen LogP contribution in [-0.4, -0.2) is 24.5 Å². The maximum Gasteiger partial charge on any atom is 0.338 e. The summed E-state index contributed by atoms with van der Waals surface area (Å²) in [6, 6.07) is 6.43. The normalized spacial score (nSPS) is 11.5. The van der Waals surface area contributed by atoms with Crippen molar-refractivity contribution < 1.29 is 14.3 Å². The minimum absolute atomic E-state index is 0. The molecule has 0 saturated heterocycles. The van der Waals surface area contributed by atoms with Crippen LogP contribution in [0.4, 0.5) is 0 Å². The summed E-state index contributed by atoms with van der Waals surface area (Å²) in [7, 11) is 0. The summed E-state index contributed by atoms with van der Waals surface area (Å²) in [6.45, 7) is 6.31. The van der Waals surface area contributed by atoms with Gasteiger partial charge in [0.1, 0.15) is 0 Å². The quantitative estimate of drug-likeness (QED) is 0.786. The minimum Gasteiger partial charge on any atom is -0.462 e. The van der Waals surface area contributed by atoms with Crippen molar-refractivity contribution in [3.8, 4) is 0 Å². The van der Waals surface area contributed by atoms with Gasteiger partial charge in [0.15, 0.2) is 0 Å². The van der Waals surface area contributed by atoms with Gasteiger partial charge in [0.2, 0.25) is 5.91 Å². The van der Waals surface area contributed by atoms with Gasteiger partial charge in [-0.3, -0.25) is 4.79 Å². The Morgan fingerprint density at radius 2 is 1.81 bits per heavy atom. The Labute approximate surface area is 131 Å². The molecule has 1 atom stereocenters. The van der Waals surface area contributed by atoms with E-state index in [1.807, 2.05) is 13.8 Å². The summed E-state index contributed by atoms with van der Waals surface area (Å²) in [5.41, 5.74) is 7.15. The molecule has 0 heterocycles. The highest BCUT2D eigenvalue weighted by molar-refractivity contribution is 5.89. The van der Waals surface area contributed by atoms with E-state index in [-0.39, 0.29) is 30.2 Å². The third kappa shape index (κ3) is 6.14. The monoisotopic (exact) mass is 314 g/mol. The second-order valence-electron chi connectivity index (χ2n) is 4.90. The molecular weight excluding hydrogens is 292 g/mol. The molecule has 21 heavy (non-hydrogen) atoms. The number of carbonyl (C=O) groups is 2. The lowest BCUT2D eigenvalue weighted by atomic mass is 10.0.